The Hall–Kier alpha value is -0.880. The van der Waals surface area contributed by atoms with Crippen LogP contribution in [0.5, 0.6) is 0 Å². The van der Waals surface area contributed by atoms with Crippen LogP contribution in [0.4, 0.5) is 0 Å². The van der Waals surface area contributed by atoms with Gasteiger partial charge in [-0.15, -0.1) is 11.3 Å². The Balaban J connectivity index is 2.23. The van der Waals surface area contributed by atoms with Crippen molar-refractivity contribution in [2.24, 2.45) is 0 Å². The Bertz CT molecular complexity index is 589. The van der Waals surface area contributed by atoms with Gasteiger partial charge in [0.1, 0.15) is 0 Å². The molecule has 1 amide bonds. The van der Waals surface area contributed by atoms with Crippen LogP contribution in [-0.2, 0) is 9.84 Å². The van der Waals surface area contributed by atoms with E-state index in [-0.39, 0.29) is 23.5 Å². The molecule has 1 aliphatic heterocycles. The van der Waals surface area contributed by atoms with Crippen LogP contribution < -0.4 is 0 Å². The molecule has 0 spiro atoms. The molecule has 19 heavy (non-hydrogen) atoms. The number of carbonyl (C=O) groups is 1. The van der Waals surface area contributed by atoms with Crippen molar-refractivity contribution in [3.63, 3.8) is 0 Å². The number of rotatable bonds is 3. The lowest BCUT2D eigenvalue weighted by Crippen LogP contribution is -2.41. The second-order valence-corrected chi connectivity index (χ2v) is 8.66. The number of amides is 1. The third kappa shape index (κ3) is 3.00. The maximum absolute atomic E-state index is 12.5. The number of hydrogen-bond acceptors (Lipinski definition) is 4. The van der Waals surface area contributed by atoms with Gasteiger partial charge < -0.3 is 4.90 Å². The van der Waals surface area contributed by atoms with Crippen molar-refractivity contribution in [2.45, 2.75) is 33.2 Å². The van der Waals surface area contributed by atoms with E-state index in [1.807, 2.05) is 26.8 Å². The van der Waals surface area contributed by atoms with Gasteiger partial charge in [0.05, 0.1) is 17.1 Å². The van der Waals surface area contributed by atoms with Crippen LogP contribution in [0.15, 0.2) is 6.07 Å². The summed E-state index contributed by atoms with van der Waals surface area (Å²) in [4.78, 5) is 16.4. The number of carbonyl (C=O) groups excluding carboxylic acids is 1. The average Bonchev–Trinajstić information content (AvgIpc) is 2.82. The highest BCUT2D eigenvalue weighted by molar-refractivity contribution is 7.91. The van der Waals surface area contributed by atoms with Gasteiger partial charge in [0.25, 0.3) is 5.91 Å². The Morgan fingerprint density at radius 3 is 2.58 bits per heavy atom. The molecule has 2 rings (SSSR count). The van der Waals surface area contributed by atoms with Gasteiger partial charge in [-0.2, -0.15) is 0 Å². The lowest BCUT2D eigenvalue weighted by atomic mass is 10.1. The number of sulfone groups is 1. The SMILES string of the molecule is CCN(C(=O)c1cc(C)sc1C)C1CCS(=O)(=O)C1. The van der Waals surface area contributed by atoms with E-state index >= 15 is 0 Å². The van der Waals surface area contributed by atoms with E-state index in [2.05, 4.69) is 0 Å². The van der Waals surface area contributed by atoms with Crippen LogP contribution in [0.2, 0.25) is 0 Å². The number of thiophene rings is 1. The maximum atomic E-state index is 12.5. The molecule has 0 N–H and O–H groups in total. The monoisotopic (exact) mass is 301 g/mol. The molecule has 6 heteroatoms. The summed E-state index contributed by atoms with van der Waals surface area (Å²) in [6.07, 6.45) is 0.560. The molecule has 0 bridgehead atoms. The summed E-state index contributed by atoms with van der Waals surface area (Å²) in [6.45, 7) is 6.36. The Morgan fingerprint density at radius 2 is 2.16 bits per heavy atom. The lowest BCUT2D eigenvalue weighted by molar-refractivity contribution is 0.0708. The molecule has 1 aliphatic rings. The second kappa shape index (κ2) is 5.25. The van der Waals surface area contributed by atoms with Crippen molar-refractivity contribution < 1.29 is 13.2 Å². The summed E-state index contributed by atoms with van der Waals surface area (Å²) >= 11 is 1.60. The fraction of sp³-hybridized carbons (Fsp3) is 0.615. The van der Waals surface area contributed by atoms with Gasteiger partial charge in [0.15, 0.2) is 9.84 Å². The summed E-state index contributed by atoms with van der Waals surface area (Å²) in [5.74, 6) is 0.268. The number of nitrogens with zero attached hydrogens (tertiary/aromatic N) is 1. The molecule has 2 heterocycles. The lowest BCUT2D eigenvalue weighted by Gasteiger charge is -2.26. The molecule has 1 aromatic heterocycles. The number of aryl methyl sites for hydroxylation is 2. The van der Waals surface area contributed by atoms with E-state index in [0.29, 0.717) is 18.5 Å². The zero-order valence-electron chi connectivity index (χ0n) is 11.5. The van der Waals surface area contributed by atoms with E-state index in [9.17, 15) is 13.2 Å². The first-order valence-electron chi connectivity index (χ1n) is 6.42. The minimum absolute atomic E-state index is 0.0357. The first kappa shape index (κ1) is 14.5. The molecule has 0 saturated carbocycles. The van der Waals surface area contributed by atoms with Gasteiger partial charge in [0, 0.05) is 22.3 Å². The Morgan fingerprint density at radius 1 is 1.47 bits per heavy atom. The summed E-state index contributed by atoms with van der Waals surface area (Å²) in [6, 6.07) is 1.73. The predicted octanol–water partition coefficient (Wildman–Crippen LogP) is 2.01. The van der Waals surface area contributed by atoms with Gasteiger partial charge in [-0.3, -0.25) is 4.79 Å². The van der Waals surface area contributed by atoms with Crippen molar-refractivity contribution in [2.75, 3.05) is 18.1 Å². The molecule has 1 saturated heterocycles. The fourth-order valence-corrected chi connectivity index (χ4v) is 5.23. The molecule has 1 fully saturated rings. The third-order valence-electron chi connectivity index (χ3n) is 3.52. The highest BCUT2D eigenvalue weighted by Gasteiger charge is 2.34. The standard InChI is InChI=1S/C13H19NO3S2/c1-4-14(11-5-6-19(16,17)8-11)13(15)12-7-9(2)18-10(12)3/h7,11H,4-6,8H2,1-3H3. The molecular formula is C13H19NO3S2. The smallest absolute Gasteiger partial charge is 0.255 e. The zero-order chi connectivity index (χ0) is 14.2. The van der Waals surface area contributed by atoms with Gasteiger partial charge in [-0.1, -0.05) is 0 Å². The van der Waals surface area contributed by atoms with Crippen LogP contribution in [0, 0.1) is 13.8 Å². The van der Waals surface area contributed by atoms with Gasteiger partial charge in [-0.05, 0) is 33.3 Å². The van der Waals surface area contributed by atoms with Crippen molar-refractivity contribution in [3.8, 4) is 0 Å². The molecule has 1 unspecified atom stereocenters. The fourth-order valence-electron chi connectivity index (χ4n) is 2.59. The third-order valence-corrected chi connectivity index (χ3v) is 6.24. The largest absolute Gasteiger partial charge is 0.335 e. The van der Waals surface area contributed by atoms with E-state index in [0.717, 1.165) is 9.75 Å². The molecule has 0 aliphatic carbocycles. The van der Waals surface area contributed by atoms with E-state index in [1.165, 1.54) is 0 Å². The summed E-state index contributed by atoms with van der Waals surface area (Å²) in [5, 5.41) is 0. The van der Waals surface area contributed by atoms with Crippen molar-refractivity contribution in [1.82, 2.24) is 4.90 Å². The van der Waals surface area contributed by atoms with Crippen LogP contribution in [0.3, 0.4) is 0 Å². The number of hydrogen-bond donors (Lipinski definition) is 0. The molecule has 1 atom stereocenters. The van der Waals surface area contributed by atoms with E-state index < -0.39 is 9.84 Å². The first-order chi connectivity index (χ1) is 8.84. The summed E-state index contributed by atoms with van der Waals surface area (Å²) < 4.78 is 23.1. The Labute approximate surface area is 118 Å². The van der Waals surface area contributed by atoms with Crippen molar-refractivity contribution in [1.29, 1.82) is 0 Å². The first-order valence-corrected chi connectivity index (χ1v) is 9.06. The van der Waals surface area contributed by atoms with Crippen LogP contribution in [-0.4, -0.2) is 43.3 Å². The highest BCUT2D eigenvalue weighted by Crippen LogP contribution is 2.25. The van der Waals surface area contributed by atoms with Gasteiger partial charge >= 0.3 is 0 Å². The molecule has 0 aromatic carbocycles. The highest BCUT2D eigenvalue weighted by atomic mass is 32.2. The summed E-state index contributed by atoms with van der Waals surface area (Å²) in [7, 11) is -2.96. The van der Waals surface area contributed by atoms with Gasteiger partial charge in [0.2, 0.25) is 0 Å². The van der Waals surface area contributed by atoms with Crippen LogP contribution >= 0.6 is 11.3 Å². The maximum Gasteiger partial charge on any atom is 0.255 e. The average molecular weight is 301 g/mol. The normalized spacial score (nSPS) is 21.5. The quantitative estimate of drug-likeness (QED) is 0.858. The molecule has 0 radical (unpaired) electrons. The molecule has 106 valence electrons. The molecular weight excluding hydrogens is 282 g/mol. The van der Waals surface area contributed by atoms with Crippen LogP contribution in [0.25, 0.3) is 0 Å². The minimum atomic E-state index is -2.96. The van der Waals surface area contributed by atoms with Crippen molar-refractivity contribution >= 4 is 27.1 Å². The topological polar surface area (TPSA) is 54.5 Å². The minimum Gasteiger partial charge on any atom is -0.335 e. The summed E-state index contributed by atoms with van der Waals surface area (Å²) in [5.41, 5.74) is 0.716. The molecule has 4 nitrogen and oxygen atoms in total. The molecule has 1 aromatic rings. The van der Waals surface area contributed by atoms with Crippen LogP contribution in [0.1, 0.15) is 33.5 Å². The van der Waals surface area contributed by atoms with Gasteiger partial charge in [-0.25, -0.2) is 8.42 Å². The van der Waals surface area contributed by atoms with Crippen molar-refractivity contribution in [3.05, 3.63) is 21.4 Å². The second-order valence-electron chi connectivity index (χ2n) is 4.97. The van der Waals surface area contributed by atoms with E-state index in [4.69, 9.17) is 0 Å². The predicted molar refractivity (Wildman–Crippen MR) is 77.6 cm³/mol. The van der Waals surface area contributed by atoms with E-state index in [1.54, 1.807) is 16.2 Å². The zero-order valence-corrected chi connectivity index (χ0v) is 13.1. The Kier molecular flexibility index (Phi) is 4.01.